The average Bonchev–Trinajstić information content (AvgIpc) is 3.18. The Kier molecular flexibility index (Phi) is 5.33. The highest BCUT2D eigenvalue weighted by Gasteiger charge is 2.28. The number of carbonyl (C=O) groups excluding carboxylic acids is 2. The van der Waals surface area contributed by atoms with Crippen LogP contribution < -0.4 is 5.32 Å². The van der Waals surface area contributed by atoms with Crippen LogP contribution in [0.2, 0.25) is 0 Å². The first-order chi connectivity index (χ1) is 14.1. The largest absolute Gasteiger partial charge is 0.350 e. The molecular weight excluding hydrogens is 373 g/mol. The first-order valence-corrected chi connectivity index (χ1v) is 9.40. The van der Waals surface area contributed by atoms with Crippen LogP contribution in [0.25, 0.3) is 0 Å². The number of rotatable bonds is 6. The molecule has 1 N–H and O–H groups in total. The normalized spacial score (nSPS) is 13.3. The molecule has 148 valence electrons. The van der Waals surface area contributed by atoms with Gasteiger partial charge in [-0.1, -0.05) is 24.3 Å². The summed E-state index contributed by atoms with van der Waals surface area (Å²) >= 11 is 0. The second kappa shape index (κ2) is 8.22. The zero-order valence-corrected chi connectivity index (χ0v) is 15.7. The maximum Gasteiger partial charge on any atom is 0.272 e. The molecule has 1 aliphatic rings. The Morgan fingerprint density at radius 1 is 1.14 bits per heavy atom. The molecule has 0 atom stereocenters. The van der Waals surface area contributed by atoms with Crippen molar-refractivity contribution in [2.24, 2.45) is 0 Å². The monoisotopic (exact) mass is 393 g/mol. The molecule has 0 saturated carbocycles. The second-order valence-corrected chi connectivity index (χ2v) is 6.78. The van der Waals surface area contributed by atoms with E-state index in [2.05, 4.69) is 15.4 Å². The number of hydrogen-bond donors (Lipinski definition) is 1. The molecule has 1 aromatic carbocycles. The minimum atomic E-state index is -0.340. The minimum absolute atomic E-state index is 0.183. The molecule has 0 unspecified atom stereocenters. The van der Waals surface area contributed by atoms with E-state index in [4.69, 9.17) is 0 Å². The molecule has 0 aliphatic carbocycles. The van der Waals surface area contributed by atoms with Gasteiger partial charge in [-0.25, -0.2) is 4.39 Å². The Hall–Kier alpha value is -3.55. The van der Waals surface area contributed by atoms with Gasteiger partial charge in [-0.2, -0.15) is 5.10 Å². The molecule has 0 saturated heterocycles. The molecular formula is C21H20FN5O2. The van der Waals surface area contributed by atoms with Crippen LogP contribution >= 0.6 is 0 Å². The Balaban J connectivity index is 1.40. The molecule has 0 bridgehead atoms. The summed E-state index contributed by atoms with van der Waals surface area (Å²) in [6.45, 7) is 1.47. The van der Waals surface area contributed by atoms with Crippen LogP contribution in [-0.4, -0.2) is 44.6 Å². The third-order valence-electron chi connectivity index (χ3n) is 4.81. The molecule has 0 radical (unpaired) electrons. The number of hydrogen-bond acceptors (Lipinski definition) is 4. The fraction of sp³-hybridized carbons (Fsp3) is 0.238. The van der Waals surface area contributed by atoms with E-state index in [1.54, 1.807) is 29.3 Å². The van der Waals surface area contributed by atoms with E-state index in [0.29, 0.717) is 37.3 Å². The fourth-order valence-electron chi connectivity index (χ4n) is 3.27. The molecule has 3 heterocycles. The minimum Gasteiger partial charge on any atom is -0.350 e. The summed E-state index contributed by atoms with van der Waals surface area (Å²) in [6, 6.07) is 13.5. The Labute approximate surface area is 167 Å². The van der Waals surface area contributed by atoms with Crippen molar-refractivity contribution in [1.29, 1.82) is 0 Å². The van der Waals surface area contributed by atoms with Crippen LogP contribution in [0.1, 0.15) is 32.2 Å². The van der Waals surface area contributed by atoms with E-state index < -0.39 is 0 Å². The van der Waals surface area contributed by atoms with Crippen LogP contribution in [0.5, 0.6) is 0 Å². The zero-order chi connectivity index (χ0) is 20.2. The summed E-state index contributed by atoms with van der Waals surface area (Å²) in [6.07, 6.45) is 2.31. The lowest BCUT2D eigenvalue weighted by atomic mass is 10.1. The van der Waals surface area contributed by atoms with E-state index in [0.717, 1.165) is 5.69 Å². The van der Waals surface area contributed by atoms with Crippen LogP contribution in [0, 0.1) is 5.82 Å². The van der Waals surface area contributed by atoms with Crippen molar-refractivity contribution in [2.75, 3.05) is 13.1 Å². The summed E-state index contributed by atoms with van der Waals surface area (Å²) in [5, 5.41) is 7.05. The van der Waals surface area contributed by atoms with E-state index in [1.807, 2.05) is 18.2 Å². The number of nitrogens with one attached hydrogen (secondary N) is 1. The number of benzene rings is 1. The van der Waals surface area contributed by atoms with E-state index >= 15 is 0 Å². The second-order valence-electron chi connectivity index (χ2n) is 6.78. The quantitative estimate of drug-likeness (QED) is 0.695. The molecule has 0 fully saturated rings. The van der Waals surface area contributed by atoms with Gasteiger partial charge in [0.25, 0.3) is 11.8 Å². The average molecular weight is 393 g/mol. The van der Waals surface area contributed by atoms with Crippen molar-refractivity contribution in [3.05, 3.63) is 83.2 Å². The molecule has 0 spiro atoms. The molecule has 2 amide bonds. The molecule has 2 aromatic heterocycles. The third-order valence-corrected chi connectivity index (χ3v) is 4.81. The van der Waals surface area contributed by atoms with Crippen LogP contribution in [0.4, 0.5) is 4.39 Å². The van der Waals surface area contributed by atoms with Crippen molar-refractivity contribution in [3.8, 4) is 0 Å². The molecule has 29 heavy (non-hydrogen) atoms. The predicted molar refractivity (Wildman–Crippen MR) is 104 cm³/mol. The topological polar surface area (TPSA) is 80.1 Å². The van der Waals surface area contributed by atoms with Crippen LogP contribution in [-0.2, 0) is 19.5 Å². The van der Waals surface area contributed by atoms with Crippen LogP contribution in [0.3, 0.4) is 0 Å². The summed E-state index contributed by atoms with van der Waals surface area (Å²) in [5.74, 6) is -0.942. The Morgan fingerprint density at radius 3 is 2.76 bits per heavy atom. The Bertz CT molecular complexity index is 1030. The number of fused-ring (bicyclic) bond motifs is 1. The first-order valence-electron chi connectivity index (χ1n) is 9.40. The highest BCUT2D eigenvalue weighted by molar-refractivity contribution is 5.98. The van der Waals surface area contributed by atoms with E-state index in [9.17, 15) is 14.0 Å². The van der Waals surface area contributed by atoms with Crippen molar-refractivity contribution in [1.82, 2.24) is 25.0 Å². The SMILES string of the molecule is O=C(NCCc1ccccn1)c1cc2n(n1)CCN(Cc1ccccc1F)C2=O. The number of amides is 2. The third kappa shape index (κ3) is 4.16. The van der Waals surface area contributed by atoms with E-state index in [1.165, 1.54) is 16.8 Å². The zero-order valence-electron chi connectivity index (χ0n) is 15.7. The highest BCUT2D eigenvalue weighted by atomic mass is 19.1. The van der Waals surface area contributed by atoms with Crippen molar-refractivity contribution >= 4 is 11.8 Å². The van der Waals surface area contributed by atoms with Gasteiger partial charge in [0.05, 0.1) is 6.54 Å². The Morgan fingerprint density at radius 2 is 1.97 bits per heavy atom. The smallest absolute Gasteiger partial charge is 0.272 e. The summed E-state index contributed by atoms with van der Waals surface area (Å²) in [4.78, 5) is 30.9. The number of nitrogens with zero attached hydrogens (tertiary/aromatic N) is 4. The van der Waals surface area contributed by atoms with Gasteiger partial charge in [-0.15, -0.1) is 0 Å². The molecule has 7 nitrogen and oxygen atoms in total. The lowest BCUT2D eigenvalue weighted by Crippen LogP contribution is -2.40. The lowest BCUT2D eigenvalue weighted by Gasteiger charge is -2.27. The molecule has 4 rings (SSSR count). The number of pyridine rings is 1. The number of carbonyl (C=O) groups is 2. The lowest BCUT2D eigenvalue weighted by molar-refractivity contribution is 0.0681. The standard InChI is InChI=1S/C21H20FN5O2/c22-17-7-2-1-5-15(17)14-26-11-12-27-19(21(26)29)13-18(25-27)20(28)24-10-8-16-6-3-4-9-23-16/h1-7,9,13H,8,10-12,14H2,(H,24,28). The molecule has 8 heteroatoms. The summed E-state index contributed by atoms with van der Waals surface area (Å²) in [5.41, 5.74) is 1.88. The summed E-state index contributed by atoms with van der Waals surface area (Å²) in [7, 11) is 0. The van der Waals surface area contributed by atoms with Crippen molar-refractivity contribution in [3.63, 3.8) is 0 Å². The van der Waals surface area contributed by atoms with Gasteiger partial charge in [0.1, 0.15) is 11.5 Å². The maximum atomic E-state index is 13.9. The van der Waals surface area contributed by atoms with Crippen LogP contribution in [0.15, 0.2) is 54.7 Å². The van der Waals surface area contributed by atoms with Crippen molar-refractivity contribution in [2.45, 2.75) is 19.5 Å². The maximum absolute atomic E-state index is 13.9. The van der Waals surface area contributed by atoms with Gasteiger partial charge in [0.2, 0.25) is 0 Å². The van der Waals surface area contributed by atoms with Crippen molar-refractivity contribution < 1.29 is 14.0 Å². The number of halogens is 1. The summed E-state index contributed by atoms with van der Waals surface area (Å²) < 4.78 is 15.4. The predicted octanol–water partition coefficient (Wildman–Crippen LogP) is 2.05. The van der Waals surface area contributed by atoms with Gasteiger partial charge in [0, 0.05) is 49.6 Å². The van der Waals surface area contributed by atoms with E-state index in [-0.39, 0.29) is 29.9 Å². The van der Waals surface area contributed by atoms with Gasteiger partial charge < -0.3 is 10.2 Å². The highest BCUT2D eigenvalue weighted by Crippen LogP contribution is 2.18. The van der Waals surface area contributed by atoms with Gasteiger partial charge in [-0.05, 0) is 18.2 Å². The molecule has 1 aliphatic heterocycles. The fourth-order valence-corrected chi connectivity index (χ4v) is 3.27. The van der Waals surface area contributed by atoms with Gasteiger partial charge >= 0.3 is 0 Å². The van der Waals surface area contributed by atoms with Gasteiger partial charge in [0.15, 0.2) is 5.69 Å². The first kappa shape index (κ1) is 18.8. The number of aromatic nitrogens is 3. The molecule has 3 aromatic rings. The van der Waals surface area contributed by atoms with Gasteiger partial charge in [-0.3, -0.25) is 19.3 Å².